The van der Waals surface area contributed by atoms with Gasteiger partial charge in [-0.25, -0.2) is 4.98 Å². The van der Waals surface area contributed by atoms with Crippen molar-refractivity contribution >= 4 is 45.2 Å². The van der Waals surface area contributed by atoms with E-state index < -0.39 is 0 Å². The number of hydrogen-bond donors (Lipinski definition) is 1. The van der Waals surface area contributed by atoms with Gasteiger partial charge in [-0.3, -0.25) is 10.1 Å². The van der Waals surface area contributed by atoms with Crippen LogP contribution in [0, 0.1) is 0 Å². The molecule has 0 fully saturated rings. The third-order valence-corrected chi connectivity index (χ3v) is 5.41. The van der Waals surface area contributed by atoms with E-state index in [1.165, 1.54) is 16.2 Å². The molecule has 0 saturated heterocycles. The number of thioether (sulfide) groups is 1. The zero-order valence-corrected chi connectivity index (χ0v) is 15.2. The second-order valence-electron chi connectivity index (χ2n) is 5.40. The van der Waals surface area contributed by atoms with Crippen LogP contribution in [0.1, 0.15) is 16.2 Å². The monoisotopic (exact) mass is 382 g/mol. The van der Waals surface area contributed by atoms with Crippen LogP contribution in [0.4, 0.5) is 6.01 Å². The molecule has 0 saturated carbocycles. The van der Waals surface area contributed by atoms with E-state index in [-0.39, 0.29) is 11.9 Å². The quantitative estimate of drug-likeness (QED) is 0.502. The molecule has 1 amide bonds. The van der Waals surface area contributed by atoms with Crippen molar-refractivity contribution in [1.82, 2.24) is 15.2 Å². The smallest absolute Gasteiger partial charge is 0.322 e. The van der Waals surface area contributed by atoms with Crippen molar-refractivity contribution in [3.8, 4) is 0 Å². The highest BCUT2D eigenvalue weighted by Crippen LogP contribution is 2.21. The molecule has 0 bridgehead atoms. The number of carbonyl (C=O) groups is 1. The molecule has 2 aromatic carbocycles. The summed E-state index contributed by atoms with van der Waals surface area (Å²) >= 11 is 3.21. The van der Waals surface area contributed by atoms with Gasteiger partial charge in [0.05, 0.1) is 15.7 Å². The van der Waals surface area contributed by atoms with Crippen LogP contribution in [0.25, 0.3) is 10.2 Å². The number of nitrogens with zero attached hydrogens (tertiary/aromatic N) is 3. The fourth-order valence-corrected chi connectivity index (χ4v) is 3.92. The van der Waals surface area contributed by atoms with E-state index in [0.717, 1.165) is 16.0 Å². The molecule has 6 nitrogen and oxygen atoms in total. The molecule has 0 aliphatic heterocycles. The van der Waals surface area contributed by atoms with E-state index in [2.05, 4.69) is 32.6 Å². The summed E-state index contributed by atoms with van der Waals surface area (Å²) in [5, 5.41) is 10.5. The molecule has 0 spiro atoms. The lowest BCUT2D eigenvalue weighted by molar-refractivity contribution is 0.102. The van der Waals surface area contributed by atoms with Gasteiger partial charge in [0.2, 0.25) is 5.89 Å². The molecular weight excluding hydrogens is 368 g/mol. The Kier molecular flexibility index (Phi) is 4.94. The summed E-state index contributed by atoms with van der Waals surface area (Å²) in [5.41, 5.74) is 3.16. The Balaban J connectivity index is 1.34. The van der Waals surface area contributed by atoms with Crippen molar-refractivity contribution in [2.24, 2.45) is 0 Å². The summed E-state index contributed by atoms with van der Waals surface area (Å²) < 4.78 is 6.47. The first-order valence-corrected chi connectivity index (χ1v) is 9.79. The molecule has 2 heterocycles. The molecule has 0 aliphatic rings. The fraction of sp³-hybridized carbons (Fsp3) is 0.111. The number of fused-ring (bicyclic) bond motifs is 1. The van der Waals surface area contributed by atoms with Crippen LogP contribution >= 0.6 is 23.1 Å². The van der Waals surface area contributed by atoms with Gasteiger partial charge < -0.3 is 4.42 Å². The molecule has 0 aliphatic carbocycles. The zero-order chi connectivity index (χ0) is 17.8. The first kappa shape index (κ1) is 16.7. The molecule has 0 radical (unpaired) electrons. The average Bonchev–Trinajstić information content (AvgIpc) is 3.31. The highest BCUT2D eigenvalue weighted by molar-refractivity contribution is 7.99. The Morgan fingerprint density at radius 2 is 2.04 bits per heavy atom. The Morgan fingerprint density at radius 3 is 2.92 bits per heavy atom. The van der Waals surface area contributed by atoms with Gasteiger partial charge in [-0.15, -0.1) is 28.2 Å². The number of nitrogens with one attached hydrogen (secondary N) is 1. The summed E-state index contributed by atoms with van der Waals surface area (Å²) in [4.78, 5) is 17.7. The number of carbonyl (C=O) groups excluding carboxylic acids is 1. The number of rotatable bonds is 6. The molecular formula is C18H14N4O2S2. The van der Waals surface area contributed by atoms with Crippen LogP contribution < -0.4 is 5.32 Å². The first-order valence-electron chi connectivity index (χ1n) is 7.93. The van der Waals surface area contributed by atoms with E-state index in [4.69, 9.17) is 4.42 Å². The molecule has 1 N–H and O–H groups in total. The van der Waals surface area contributed by atoms with E-state index in [1.54, 1.807) is 29.4 Å². The second kappa shape index (κ2) is 7.67. The second-order valence-corrected chi connectivity index (χ2v) is 7.46. The van der Waals surface area contributed by atoms with E-state index in [0.29, 0.717) is 17.9 Å². The number of anilines is 1. The van der Waals surface area contributed by atoms with Gasteiger partial charge in [0.25, 0.3) is 5.91 Å². The van der Waals surface area contributed by atoms with Crippen LogP contribution in [0.5, 0.6) is 0 Å². The number of benzene rings is 2. The van der Waals surface area contributed by atoms with Crippen LogP contribution in [-0.2, 0) is 6.42 Å². The molecule has 4 rings (SSSR count). The Labute approximate surface area is 157 Å². The number of aryl methyl sites for hydroxylation is 1. The van der Waals surface area contributed by atoms with Crippen molar-refractivity contribution in [3.63, 3.8) is 0 Å². The number of amides is 1. The van der Waals surface area contributed by atoms with E-state index in [9.17, 15) is 4.79 Å². The lowest BCUT2D eigenvalue weighted by Crippen LogP contribution is -2.11. The Hall–Kier alpha value is -2.71. The molecule has 8 heteroatoms. The Morgan fingerprint density at radius 1 is 1.15 bits per heavy atom. The third kappa shape index (κ3) is 3.92. The normalized spacial score (nSPS) is 10.9. The highest BCUT2D eigenvalue weighted by Gasteiger charge is 2.12. The van der Waals surface area contributed by atoms with Crippen molar-refractivity contribution in [1.29, 1.82) is 0 Å². The highest BCUT2D eigenvalue weighted by atomic mass is 32.2. The fourth-order valence-electron chi connectivity index (χ4n) is 2.34. The minimum absolute atomic E-state index is 0.110. The van der Waals surface area contributed by atoms with Gasteiger partial charge in [0.15, 0.2) is 0 Å². The summed E-state index contributed by atoms with van der Waals surface area (Å²) in [5.74, 6) is 1.04. The van der Waals surface area contributed by atoms with Gasteiger partial charge in [-0.1, -0.05) is 23.3 Å². The van der Waals surface area contributed by atoms with Crippen molar-refractivity contribution < 1.29 is 9.21 Å². The SMILES string of the molecule is O=C(Nc1nnc(CCSc2ccccc2)o1)c1ccc2ncsc2c1. The predicted molar refractivity (Wildman–Crippen MR) is 103 cm³/mol. The van der Waals surface area contributed by atoms with Crippen molar-refractivity contribution in [3.05, 3.63) is 65.5 Å². The summed E-state index contributed by atoms with van der Waals surface area (Å²) in [6.45, 7) is 0. The number of thiazole rings is 1. The molecule has 2 aromatic heterocycles. The molecule has 4 aromatic rings. The summed E-state index contributed by atoms with van der Waals surface area (Å²) in [6.07, 6.45) is 0.634. The zero-order valence-electron chi connectivity index (χ0n) is 13.6. The number of aromatic nitrogens is 3. The van der Waals surface area contributed by atoms with Gasteiger partial charge in [-0.05, 0) is 30.3 Å². The minimum Gasteiger partial charge on any atom is -0.408 e. The lowest BCUT2D eigenvalue weighted by atomic mass is 10.2. The Bertz CT molecular complexity index is 1030. The van der Waals surface area contributed by atoms with Crippen molar-refractivity contribution in [2.45, 2.75) is 11.3 Å². The largest absolute Gasteiger partial charge is 0.408 e. The first-order chi connectivity index (χ1) is 12.8. The standard InChI is InChI=1S/C18H14N4O2S2/c23-17(12-6-7-14-15(10-12)26-11-19-14)20-18-22-21-16(24-18)8-9-25-13-4-2-1-3-5-13/h1-7,10-11H,8-9H2,(H,20,22,23). The maximum absolute atomic E-state index is 12.3. The molecule has 26 heavy (non-hydrogen) atoms. The topological polar surface area (TPSA) is 80.9 Å². The van der Waals surface area contributed by atoms with Gasteiger partial charge in [-0.2, -0.15) is 0 Å². The molecule has 0 atom stereocenters. The van der Waals surface area contributed by atoms with Crippen molar-refractivity contribution in [2.75, 3.05) is 11.1 Å². The van der Waals surface area contributed by atoms with Gasteiger partial charge in [0, 0.05) is 22.6 Å². The maximum atomic E-state index is 12.3. The molecule has 0 unspecified atom stereocenters. The van der Waals surface area contributed by atoms with Crippen LogP contribution in [0.15, 0.2) is 63.4 Å². The van der Waals surface area contributed by atoms with E-state index >= 15 is 0 Å². The maximum Gasteiger partial charge on any atom is 0.322 e. The molecule has 130 valence electrons. The summed E-state index contributed by atoms with van der Waals surface area (Å²) in [6, 6.07) is 15.6. The minimum atomic E-state index is -0.283. The number of hydrogen-bond acceptors (Lipinski definition) is 7. The third-order valence-electron chi connectivity index (χ3n) is 3.61. The van der Waals surface area contributed by atoms with Gasteiger partial charge in [0.1, 0.15) is 0 Å². The van der Waals surface area contributed by atoms with Gasteiger partial charge >= 0.3 is 6.01 Å². The average molecular weight is 382 g/mol. The lowest BCUT2D eigenvalue weighted by Gasteiger charge is -2.00. The predicted octanol–water partition coefficient (Wildman–Crippen LogP) is 4.27. The van der Waals surface area contributed by atoms with E-state index in [1.807, 2.05) is 24.3 Å². The van der Waals surface area contributed by atoms with Crippen LogP contribution in [0.3, 0.4) is 0 Å². The van der Waals surface area contributed by atoms with Crippen LogP contribution in [-0.4, -0.2) is 26.8 Å². The summed E-state index contributed by atoms with van der Waals surface area (Å²) in [7, 11) is 0. The van der Waals surface area contributed by atoms with Crippen LogP contribution in [0.2, 0.25) is 0 Å².